The summed E-state index contributed by atoms with van der Waals surface area (Å²) in [6.07, 6.45) is 2.87. The van der Waals surface area contributed by atoms with Gasteiger partial charge >= 0.3 is 6.09 Å². The maximum Gasteiger partial charge on any atom is 0.410 e. The predicted octanol–water partition coefficient (Wildman–Crippen LogP) is 4.10. The van der Waals surface area contributed by atoms with E-state index in [0.717, 1.165) is 30.1 Å². The molecular weight excluding hydrogens is 534 g/mol. The summed E-state index contributed by atoms with van der Waals surface area (Å²) in [5, 5.41) is 8.56. The van der Waals surface area contributed by atoms with Crippen LogP contribution in [0.3, 0.4) is 0 Å². The smallest absolute Gasteiger partial charge is 0.410 e. The molecule has 2 aromatic carbocycles. The van der Waals surface area contributed by atoms with E-state index < -0.39 is 25.5 Å². The fraction of sp³-hybridized carbons (Fsp3) is 0.480. The van der Waals surface area contributed by atoms with Crippen LogP contribution in [0, 0.1) is 0 Å². The minimum atomic E-state index is -4.08. The number of sulfonamides is 1. The fourth-order valence-electron chi connectivity index (χ4n) is 4.18. The lowest BCUT2D eigenvalue weighted by molar-refractivity contribution is 0.0218. The van der Waals surface area contributed by atoms with Gasteiger partial charge in [0.2, 0.25) is 10.0 Å². The number of sulfone groups is 1. The summed E-state index contributed by atoms with van der Waals surface area (Å²) < 4.78 is 54.4. The molecule has 0 bridgehead atoms. The monoisotopic (exact) mass is 569 g/mol. The van der Waals surface area contributed by atoms with Gasteiger partial charge in [-0.05, 0) is 70.4 Å². The second-order valence-corrected chi connectivity index (χ2v) is 14.8. The number of primary sulfonamides is 1. The molecule has 1 fully saturated rings. The van der Waals surface area contributed by atoms with Crippen LogP contribution in [0.25, 0.3) is 0 Å². The van der Waals surface area contributed by atoms with Gasteiger partial charge in [-0.1, -0.05) is 18.2 Å². The summed E-state index contributed by atoms with van der Waals surface area (Å²) in [4.78, 5) is 15.2. The lowest BCUT2D eigenvalue weighted by Crippen LogP contribution is -2.42. The van der Waals surface area contributed by atoms with Crippen LogP contribution in [0.2, 0.25) is 0 Å². The highest BCUT2D eigenvalue weighted by molar-refractivity contribution is 7.99. The summed E-state index contributed by atoms with van der Waals surface area (Å²) >= 11 is 1.61. The third-order valence-corrected chi connectivity index (χ3v) is 9.02. The molecule has 0 aliphatic carbocycles. The summed E-state index contributed by atoms with van der Waals surface area (Å²) in [6, 6.07) is 13.3. The van der Waals surface area contributed by atoms with Crippen LogP contribution in [-0.4, -0.2) is 64.1 Å². The third kappa shape index (κ3) is 8.62. The summed E-state index contributed by atoms with van der Waals surface area (Å²) in [5.74, 6) is 0.586. The summed E-state index contributed by atoms with van der Waals surface area (Å²) in [7, 11) is -7.86. The van der Waals surface area contributed by atoms with Gasteiger partial charge in [-0.25, -0.2) is 26.8 Å². The molecule has 37 heavy (non-hydrogen) atoms. The van der Waals surface area contributed by atoms with Crippen molar-refractivity contribution < 1.29 is 26.4 Å². The largest absolute Gasteiger partial charge is 0.444 e. The van der Waals surface area contributed by atoms with Crippen LogP contribution in [0.5, 0.6) is 0 Å². The van der Waals surface area contributed by atoms with E-state index in [0.29, 0.717) is 18.7 Å². The number of carbonyl (C=O) groups is 1. The SMILES string of the molecule is CC(C)(C)OC(=O)N1CCC[C@H]1C[C@H](CSc1ccccc1)Nc1ccc(S(N)(=O)=O)cc1S(C)(=O)=O. The third-order valence-electron chi connectivity index (χ3n) is 5.80. The number of hydrogen-bond acceptors (Lipinski definition) is 8. The first kappa shape index (κ1) is 29.3. The Hall–Kier alpha value is -2.28. The van der Waals surface area contributed by atoms with Crippen LogP contribution in [0.4, 0.5) is 10.5 Å². The Kier molecular flexibility index (Phi) is 9.20. The van der Waals surface area contributed by atoms with E-state index in [1.54, 1.807) is 16.7 Å². The zero-order valence-electron chi connectivity index (χ0n) is 21.5. The van der Waals surface area contributed by atoms with Gasteiger partial charge in [0, 0.05) is 35.5 Å². The van der Waals surface area contributed by atoms with E-state index in [1.165, 1.54) is 12.1 Å². The number of anilines is 1. The van der Waals surface area contributed by atoms with Gasteiger partial charge in [0.1, 0.15) is 5.60 Å². The van der Waals surface area contributed by atoms with Crippen molar-refractivity contribution in [2.75, 3.05) is 23.9 Å². The van der Waals surface area contributed by atoms with Crippen LogP contribution >= 0.6 is 11.8 Å². The summed E-state index contributed by atoms with van der Waals surface area (Å²) in [5.41, 5.74) is -0.323. The topological polar surface area (TPSA) is 136 Å². The molecule has 0 radical (unpaired) electrons. The van der Waals surface area contributed by atoms with Crippen LogP contribution in [0.1, 0.15) is 40.0 Å². The van der Waals surface area contributed by atoms with E-state index in [4.69, 9.17) is 9.88 Å². The number of nitrogens with one attached hydrogen (secondary N) is 1. The van der Waals surface area contributed by atoms with Crippen molar-refractivity contribution in [3.63, 3.8) is 0 Å². The molecule has 2 atom stereocenters. The second-order valence-electron chi connectivity index (χ2n) is 10.1. The van der Waals surface area contributed by atoms with E-state index in [-0.39, 0.29) is 33.7 Å². The number of ether oxygens (including phenoxy) is 1. The van der Waals surface area contributed by atoms with Crippen molar-refractivity contribution in [1.29, 1.82) is 0 Å². The van der Waals surface area contributed by atoms with E-state index in [9.17, 15) is 21.6 Å². The van der Waals surface area contributed by atoms with Gasteiger partial charge in [0.25, 0.3) is 0 Å². The van der Waals surface area contributed by atoms with Gasteiger partial charge < -0.3 is 15.0 Å². The molecule has 1 aliphatic rings. The standard InChI is InChI=1S/C25H35N3O6S3/c1-25(2,3)34-24(29)28-14-8-9-19(28)15-18(17-35-20-10-6-5-7-11-20)27-22-13-12-21(37(26,32)33)16-23(22)36(4,30)31/h5-7,10-13,16,18-19,27H,8-9,14-15,17H2,1-4H3,(H2,26,32,33)/t18-,19+/m1/s1. The highest BCUT2D eigenvalue weighted by atomic mass is 32.2. The predicted molar refractivity (Wildman–Crippen MR) is 146 cm³/mol. The maximum absolute atomic E-state index is 12.8. The molecule has 12 heteroatoms. The van der Waals surface area contributed by atoms with E-state index >= 15 is 0 Å². The molecule has 3 N–H and O–H groups in total. The van der Waals surface area contributed by atoms with Gasteiger partial charge in [-0.2, -0.15) is 0 Å². The van der Waals surface area contributed by atoms with Gasteiger partial charge in [-0.3, -0.25) is 0 Å². The van der Waals surface area contributed by atoms with Gasteiger partial charge in [0.15, 0.2) is 9.84 Å². The van der Waals surface area contributed by atoms with Crippen molar-refractivity contribution >= 4 is 43.4 Å². The molecule has 2 aromatic rings. The Balaban J connectivity index is 1.89. The molecule has 204 valence electrons. The Morgan fingerprint density at radius 1 is 1.16 bits per heavy atom. The molecule has 9 nitrogen and oxygen atoms in total. The fourth-order valence-corrected chi connectivity index (χ4v) is 6.62. The number of nitrogens with zero attached hydrogens (tertiary/aromatic N) is 1. The molecular formula is C25H35N3O6S3. The van der Waals surface area contributed by atoms with Crippen LogP contribution in [-0.2, 0) is 24.6 Å². The van der Waals surface area contributed by atoms with Crippen LogP contribution < -0.4 is 10.5 Å². The number of nitrogens with two attached hydrogens (primary N) is 1. The number of benzene rings is 2. The molecule has 1 amide bonds. The zero-order valence-corrected chi connectivity index (χ0v) is 24.0. The summed E-state index contributed by atoms with van der Waals surface area (Å²) in [6.45, 7) is 6.08. The molecule has 0 spiro atoms. The number of rotatable bonds is 9. The first-order valence-electron chi connectivity index (χ1n) is 11.9. The average molecular weight is 570 g/mol. The normalized spacial score (nSPS) is 17.4. The van der Waals surface area contributed by atoms with Crippen LogP contribution in [0.15, 0.2) is 63.2 Å². The first-order valence-corrected chi connectivity index (χ1v) is 16.4. The number of thioether (sulfide) groups is 1. The molecule has 1 saturated heterocycles. The quantitative estimate of drug-likeness (QED) is 0.431. The molecule has 0 saturated carbocycles. The Labute approximate surface area is 224 Å². The van der Waals surface area contributed by atoms with E-state index in [1.807, 2.05) is 51.1 Å². The number of likely N-dealkylation sites (tertiary alicyclic amines) is 1. The molecule has 0 aromatic heterocycles. The first-order chi connectivity index (χ1) is 17.1. The minimum absolute atomic E-state index is 0.0888. The average Bonchev–Trinajstić information content (AvgIpc) is 3.24. The number of hydrogen-bond donors (Lipinski definition) is 2. The van der Waals surface area contributed by atoms with Gasteiger partial charge in [-0.15, -0.1) is 11.8 Å². The lowest BCUT2D eigenvalue weighted by atomic mass is 10.1. The highest BCUT2D eigenvalue weighted by Gasteiger charge is 2.34. The molecule has 3 rings (SSSR count). The van der Waals surface area contributed by atoms with E-state index in [2.05, 4.69) is 5.32 Å². The minimum Gasteiger partial charge on any atom is -0.444 e. The van der Waals surface area contributed by atoms with Crippen molar-refractivity contribution in [1.82, 2.24) is 4.90 Å². The number of carbonyl (C=O) groups excluding carboxylic acids is 1. The Morgan fingerprint density at radius 3 is 2.43 bits per heavy atom. The molecule has 0 unspecified atom stereocenters. The molecule has 1 heterocycles. The zero-order chi connectivity index (χ0) is 27.4. The highest BCUT2D eigenvalue weighted by Crippen LogP contribution is 2.31. The lowest BCUT2D eigenvalue weighted by Gasteiger charge is -2.31. The van der Waals surface area contributed by atoms with Gasteiger partial charge in [0.05, 0.1) is 15.5 Å². The second kappa shape index (κ2) is 11.6. The Bertz CT molecular complexity index is 1310. The maximum atomic E-state index is 12.8. The number of amides is 1. The van der Waals surface area contributed by atoms with Crippen molar-refractivity contribution in [2.45, 2.75) is 72.4 Å². The van der Waals surface area contributed by atoms with Crippen molar-refractivity contribution in [2.24, 2.45) is 5.14 Å². The molecule has 1 aliphatic heterocycles. The Morgan fingerprint density at radius 2 is 1.84 bits per heavy atom. The van der Waals surface area contributed by atoms with Crippen molar-refractivity contribution in [3.8, 4) is 0 Å². The van der Waals surface area contributed by atoms with Crippen molar-refractivity contribution in [3.05, 3.63) is 48.5 Å².